The molecular formula is C43H34N4. The fourth-order valence-electron chi connectivity index (χ4n) is 8.17. The van der Waals surface area contributed by atoms with Crippen molar-refractivity contribution >= 4 is 21.8 Å². The highest BCUT2D eigenvalue weighted by Gasteiger charge is 2.49. The molecule has 0 atom stereocenters. The predicted octanol–water partition coefficient (Wildman–Crippen LogP) is 9.90. The molecule has 1 aliphatic rings. The molecule has 1 aliphatic carbocycles. The SMILES string of the molecule is Cc1cc(-c2ccc3c4ccccc4n(-c4cccc(C5(c6ccccn6)c6ccccc6C(C)(C)c6ccccc65)c4)c3c2)n[nH]1. The molecule has 9 rings (SSSR count). The monoisotopic (exact) mass is 606 g/mol. The van der Waals surface area contributed by atoms with E-state index < -0.39 is 5.41 Å². The molecule has 0 unspecified atom stereocenters. The van der Waals surface area contributed by atoms with Crippen LogP contribution in [0.4, 0.5) is 0 Å². The van der Waals surface area contributed by atoms with E-state index in [9.17, 15) is 0 Å². The number of hydrogen-bond acceptors (Lipinski definition) is 2. The van der Waals surface area contributed by atoms with E-state index in [1.807, 2.05) is 19.2 Å². The second-order valence-corrected chi connectivity index (χ2v) is 13.3. The predicted molar refractivity (Wildman–Crippen MR) is 191 cm³/mol. The highest BCUT2D eigenvalue weighted by atomic mass is 15.1. The fourth-order valence-corrected chi connectivity index (χ4v) is 8.17. The van der Waals surface area contributed by atoms with E-state index in [1.54, 1.807) is 0 Å². The lowest BCUT2D eigenvalue weighted by atomic mass is 9.55. The number of nitrogens with zero attached hydrogens (tertiary/aromatic N) is 3. The van der Waals surface area contributed by atoms with Gasteiger partial charge in [0.2, 0.25) is 0 Å². The van der Waals surface area contributed by atoms with Gasteiger partial charge >= 0.3 is 0 Å². The number of pyridine rings is 1. The average molecular weight is 607 g/mol. The van der Waals surface area contributed by atoms with Crippen molar-refractivity contribution in [2.24, 2.45) is 0 Å². The van der Waals surface area contributed by atoms with Gasteiger partial charge in [0.1, 0.15) is 0 Å². The summed E-state index contributed by atoms with van der Waals surface area (Å²) in [7, 11) is 0. The molecule has 0 saturated carbocycles. The zero-order chi connectivity index (χ0) is 31.8. The third-order valence-electron chi connectivity index (χ3n) is 10.3. The summed E-state index contributed by atoms with van der Waals surface area (Å²) < 4.78 is 2.41. The molecule has 5 aromatic carbocycles. The minimum Gasteiger partial charge on any atom is -0.309 e. The first-order valence-electron chi connectivity index (χ1n) is 16.3. The van der Waals surface area contributed by atoms with Gasteiger partial charge < -0.3 is 4.57 Å². The van der Waals surface area contributed by atoms with Crippen LogP contribution in [0, 0.1) is 6.92 Å². The number of benzene rings is 5. The lowest BCUT2D eigenvalue weighted by Gasteiger charge is -2.47. The highest BCUT2D eigenvalue weighted by Crippen LogP contribution is 2.55. The van der Waals surface area contributed by atoms with E-state index in [2.05, 4.69) is 162 Å². The van der Waals surface area contributed by atoms with Gasteiger partial charge in [0.05, 0.1) is 27.8 Å². The first-order chi connectivity index (χ1) is 23.0. The molecule has 0 fully saturated rings. The number of H-pyrrole nitrogens is 1. The number of aromatic nitrogens is 4. The fraction of sp³-hybridized carbons (Fsp3) is 0.116. The van der Waals surface area contributed by atoms with Crippen molar-refractivity contribution in [1.82, 2.24) is 19.7 Å². The maximum Gasteiger partial charge on any atom is 0.0924 e. The maximum atomic E-state index is 5.12. The number of aromatic amines is 1. The Morgan fingerprint density at radius 3 is 1.98 bits per heavy atom. The third kappa shape index (κ3) is 3.88. The lowest BCUT2D eigenvalue weighted by molar-refractivity contribution is 0.552. The van der Waals surface area contributed by atoms with Gasteiger partial charge in [0.15, 0.2) is 0 Å². The van der Waals surface area contributed by atoms with Crippen LogP contribution in [-0.4, -0.2) is 19.7 Å². The topological polar surface area (TPSA) is 46.5 Å². The van der Waals surface area contributed by atoms with Gasteiger partial charge in [-0.2, -0.15) is 5.10 Å². The molecule has 226 valence electrons. The largest absolute Gasteiger partial charge is 0.309 e. The Balaban J connectivity index is 1.37. The Bertz CT molecular complexity index is 2410. The zero-order valence-electron chi connectivity index (χ0n) is 26.7. The van der Waals surface area contributed by atoms with Gasteiger partial charge in [0, 0.05) is 39.3 Å². The number of rotatable bonds is 4. The summed E-state index contributed by atoms with van der Waals surface area (Å²) in [5.74, 6) is 0. The van der Waals surface area contributed by atoms with Crippen molar-refractivity contribution in [2.45, 2.75) is 31.6 Å². The average Bonchev–Trinajstić information content (AvgIpc) is 3.70. The molecule has 1 N–H and O–H groups in total. The Morgan fingerprint density at radius 1 is 0.596 bits per heavy atom. The van der Waals surface area contributed by atoms with Crippen molar-refractivity contribution in [3.63, 3.8) is 0 Å². The highest BCUT2D eigenvalue weighted by molar-refractivity contribution is 6.10. The van der Waals surface area contributed by atoms with Crippen molar-refractivity contribution < 1.29 is 0 Å². The van der Waals surface area contributed by atoms with Crippen LogP contribution in [0.15, 0.2) is 146 Å². The van der Waals surface area contributed by atoms with Crippen LogP contribution in [-0.2, 0) is 10.8 Å². The molecule has 3 aromatic heterocycles. The van der Waals surface area contributed by atoms with Crippen LogP contribution >= 0.6 is 0 Å². The summed E-state index contributed by atoms with van der Waals surface area (Å²) in [4.78, 5) is 5.12. The van der Waals surface area contributed by atoms with E-state index >= 15 is 0 Å². The number of hydrogen-bond donors (Lipinski definition) is 1. The first-order valence-corrected chi connectivity index (χ1v) is 16.3. The second-order valence-electron chi connectivity index (χ2n) is 13.3. The Morgan fingerprint density at radius 2 is 1.28 bits per heavy atom. The van der Waals surface area contributed by atoms with Crippen LogP contribution in [0.5, 0.6) is 0 Å². The molecule has 0 bridgehead atoms. The van der Waals surface area contributed by atoms with Crippen LogP contribution in [0.3, 0.4) is 0 Å². The van der Waals surface area contributed by atoms with Crippen LogP contribution in [0.25, 0.3) is 38.8 Å². The Kier molecular flexibility index (Phi) is 5.94. The quantitative estimate of drug-likeness (QED) is 0.217. The minimum absolute atomic E-state index is 0.170. The Hall–Kier alpha value is -5.74. The molecule has 47 heavy (non-hydrogen) atoms. The molecule has 0 aliphatic heterocycles. The van der Waals surface area contributed by atoms with Crippen LogP contribution in [0.2, 0.25) is 0 Å². The molecule has 3 heterocycles. The summed E-state index contributed by atoms with van der Waals surface area (Å²) in [5, 5.41) is 10.1. The van der Waals surface area contributed by atoms with E-state index in [0.29, 0.717) is 0 Å². The van der Waals surface area contributed by atoms with Crippen molar-refractivity contribution in [1.29, 1.82) is 0 Å². The third-order valence-corrected chi connectivity index (χ3v) is 10.3. The van der Waals surface area contributed by atoms with Crippen molar-refractivity contribution in [2.75, 3.05) is 0 Å². The summed E-state index contributed by atoms with van der Waals surface area (Å²) in [6.07, 6.45) is 1.93. The van der Waals surface area contributed by atoms with E-state index in [0.717, 1.165) is 33.8 Å². The van der Waals surface area contributed by atoms with E-state index in [1.165, 1.54) is 44.1 Å². The molecule has 8 aromatic rings. The van der Waals surface area contributed by atoms with E-state index in [-0.39, 0.29) is 5.41 Å². The van der Waals surface area contributed by atoms with Gasteiger partial charge in [-0.1, -0.05) is 111 Å². The molecule has 0 radical (unpaired) electrons. The normalized spacial score (nSPS) is 14.6. The summed E-state index contributed by atoms with van der Waals surface area (Å²) in [6, 6.07) is 50.9. The first kappa shape index (κ1) is 27.6. The van der Waals surface area contributed by atoms with Crippen molar-refractivity contribution in [3.8, 4) is 16.9 Å². The zero-order valence-corrected chi connectivity index (χ0v) is 26.7. The Labute approximate surface area is 274 Å². The van der Waals surface area contributed by atoms with Gasteiger partial charge in [0.25, 0.3) is 0 Å². The summed E-state index contributed by atoms with van der Waals surface area (Å²) in [5.41, 5.74) is 13.1. The van der Waals surface area contributed by atoms with Gasteiger partial charge in [-0.25, -0.2) is 0 Å². The van der Waals surface area contributed by atoms with Gasteiger partial charge in [-0.05, 0) is 77.2 Å². The van der Waals surface area contributed by atoms with Crippen LogP contribution in [0.1, 0.15) is 53.1 Å². The second kappa shape index (κ2) is 10.1. The summed E-state index contributed by atoms with van der Waals surface area (Å²) >= 11 is 0. The molecular weight excluding hydrogens is 573 g/mol. The molecule has 4 heteroatoms. The summed E-state index contributed by atoms with van der Waals surface area (Å²) in [6.45, 7) is 6.73. The van der Waals surface area contributed by atoms with Gasteiger partial charge in [-0.15, -0.1) is 0 Å². The van der Waals surface area contributed by atoms with Crippen LogP contribution < -0.4 is 0 Å². The maximum absolute atomic E-state index is 5.12. The molecule has 0 amide bonds. The van der Waals surface area contributed by atoms with Gasteiger partial charge in [-0.3, -0.25) is 10.1 Å². The number of aryl methyl sites for hydroxylation is 1. The standard InChI is InChI=1S/C43H34N4/c1-28-25-38(46-45-28)29-22-23-33-32-15-4-9-20-39(32)47(40(33)26-29)31-14-12-13-30(27-31)43(41-21-10-11-24-44-41)36-18-7-5-16-34(36)42(2,3)35-17-6-8-19-37(35)43/h4-27H,1-3H3,(H,45,46). The van der Waals surface area contributed by atoms with E-state index in [4.69, 9.17) is 4.98 Å². The van der Waals surface area contributed by atoms with Crippen molar-refractivity contribution in [3.05, 3.63) is 185 Å². The molecule has 0 saturated heterocycles. The molecule has 0 spiro atoms. The smallest absolute Gasteiger partial charge is 0.0924 e. The minimum atomic E-state index is -0.615. The number of fused-ring (bicyclic) bond motifs is 5. The molecule has 4 nitrogen and oxygen atoms in total. The lowest BCUT2D eigenvalue weighted by Crippen LogP contribution is -2.42. The number of nitrogens with one attached hydrogen (secondary N) is 1. The number of para-hydroxylation sites is 1.